The summed E-state index contributed by atoms with van der Waals surface area (Å²) in [6.45, 7) is -0.662. The Labute approximate surface area is 168 Å². The minimum atomic E-state index is -0.890. The predicted octanol–water partition coefficient (Wildman–Crippen LogP) is 4.44. The number of carbonyl (C=O) groups is 2. The van der Waals surface area contributed by atoms with Crippen molar-refractivity contribution < 1.29 is 28.1 Å². The third-order valence-corrected chi connectivity index (χ3v) is 4.03. The molecule has 0 radical (unpaired) electrons. The van der Waals surface area contributed by atoms with Gasteiger partial charge in [-0.3, -0.25) is 14.9 Å². The monoisotopic (exact) mass is 418 g/mol. The molecule has 2 aromatic carbocycles. The Morgan fingerprint density at radius 3 is 2.55 bits per heavy atom. The number of anilines is 1. The fourth-order valence-electron chi connectivity index (χ4n) is 2.33. The lowest BCUT2D eigenvalue weighted by Gasteiger charge is -2.07. The van der Waals surface area contributed by atoms with Gasteiger partial charge in [0, 0.05) is 17.7 Å². The predicted molar refractivity (Wildman–Crippen MR) is 101 cm³/mol. The lowest BCUT2D eigenvalue weighted by atomic mass is 10.2. The summed E-state index contributed by atoms with van der Waals surface area (Å²) >= 11 is 5.89. The molecule has 10 heteroatoms. The molecular weight excluding hydrogens is 407 g/mol. The van der Waals surface area contributed by atoms with Crippen LogP contribution in [-0.2, 0) is 9.53 Å². The van der Waals surface area contributed by atoms with Crippen LogP contribution < -0.4 is 5.32 Å². The standard InChI is InChI=1S/C19H12ClFN2O6/c20-14-6-5-13(23(26)27)9-15(14)22-18(24)10-28-19(25)17-8-7-16(29-17)11-1-3-12(21)4-2-11/h1-9H,10H2,(H,22,24). The van der Waals surface area contributed by atoms with E-state index >= 15 is 0 Å². The topological polar surface area (TPSA) is 112 Å². The summed E-state index contributed by atoms with van der Waals surface area (Å²) in [5, 5.41) is 13.2. The summed E-state index contributed by atoms with van der Waals surface area (Å²) in [4.78, 5) is 34.2. The van der Waals surface area contributed by atoms with Crippen LogP contribution in [0.3, 0.4) is 0 Å². The Morgan fingerprint density at radius 1 is 1.14 bits per heavy atom. The van der Waals surface area contributed by atoms with Gasteiger partial charge in [-0.25, -0.2) is 9.18 Å². The summed E-state index contributed by atoms with van der Waals surface area (Å²) < 4.78 is 23.2. The van der Waals surface area contributed by atoms with Gasteiger partial charge in [0.1, 0.15) is 11.6 Å². The zero-order valence-electron chi connectivity index (χ0n) is 14.6. The van der Waals surface area contributed by atoms with E-state index in [-0.39, 0.29) is 22.2 Å². The molecule has 0 aliphatic heterocycles. The lowest BCUT2D eigenvalue weighted by molar-refractivity contribution is -0.384. The number of nitro groups is 1. The molecule has 0 aliphatic carbocycles. The second-order valence-electron chi connectivity index (χ2n) is 5.72. The molecule has 3 rings (SSSR count). The first-order chi connectivity index (χ1) is 13.8. The average Bonchev–Trinajstić information content (AvgIpc) is 3.18. The number of halogens is 2. The molecule has 0 bridgehead atoms. The van der Waals surface area contributed by atoms with Gasteiger partial charge in [-0.1, -0.05) is 11.6 Å². The molecule has 0 spiro atoms. The average molecular weight is 419 g/mol. The van der Waals surface area contributed by atoms with Crippen molar-refractivity contribution >= 4 is 34.9 Å². The highest BCUT2D eigenvalue weighted by atomic mass is 35.5. The second kappa shape index (κ2) is 8.53. The molecule has 0 atom stereocenters. The maximum absolute atomic E-state index is 13.0. The van der Waals surface area contributed by atoms with E-state index in [2.05, 4.69) is 5.32 Å². The zero-order valence-corrected chi connectivity index (χ0v) is 15.3. The van der Waals surface area contributed by atoms with E-state index in [1.807, 2.05) is 0 Å². The summed E-state index contributed by atoms with van der Waals surface area (Å²) in [6, 6.07) is 11.9. The largest absolute Gasteiger partial charge is 0.450 e. The number of esters is 1. The van der Waals surface area contributed by atoms with Crippen LogP contribution in [0.15, 0.2) is 59.0 Å². The van der Waals surface area contributed by atoms with Gasteiger partial charge in [-0.15, -0.1) is 0 Å². The van der Waals surface area contributed by atoms with E-state index < -0.39 is 29.2 Å². The molecule has 8 nitrogen and oxygen atoms in total. The van der Waals surface area contributed by atoms with Gasteiger partial charge < -0.3 is 14.5 Å². The van der Waals surface area contributed by atoms with E-state index in [4.69, 9.17) is 20.8 Å². The van der Waals surface area contributed by atoms with Crippen LogP contribution in [0.25, 0.3) is 11.3 Å². The molecule has 0 fully saturated rings. The van der Waals surface area contributed by atoms with Gasteiger partial charge >= 0.3 is 5.97 Å². The van der Waals surface area contributed by atoms with Gasteiger partial charge in [0.05, 0.1) is 15.6 Å². The Balaban J connectivity index is 1.59. The highest BCUT2D eigenvalue weighted by Gasteiger charge is 2.17. The molecule has 1 heterocycles. The maximum atomic E-state index is 13.0. The van der Waals surface area contributed by atoms with Crippen LogP contribution in [-0.4, -0.2) is 23.4 Å². The van der Waals surface area contributed by atoms with E-state index in [1.54, 1.807) is 0 Å². The number of carbonyl (C=O) groups excluding carboxylic acids is 2. The van der Waals surface area contributed by atoms with Crippen LogP contribution >= 0.6 is 11.6 Å². The van der Waals surface area contributed by atoms with Crippen molar-refractivity contribution in [1.82, 2.24) is 0 Å². The zero-order chi connectivity index (χ0) is 21.0. The van der Waals surface area contributed by atoms with Crippen LogP contribution in [0.2, 0.25) is 5.02 Å². The summed E-state index contributed by atoms with van der Waals surface area (Å²) in [5.41, 5.74) is 0.313. The molecule has 0 aliphatic rings. The third-order valence-electron chi connectivity index (χ3n) is 3.71. The van der Waals surface area contributed by atoms with Crippen LogP contribution in [0.1, 0.15) is 10.6 Å². The number of furan rings is 1. The van der Waals surface area contributed by atoms with Gasteiger partial charge in [-0.05, 0) is 42.5 Å². The number of nitrogens with one attached hydrogen (secondary N) is 1. The molecule has 1 N–H and O–H groups in total. The first-order valence-corrected chi connectivity index (χ1v) is 8.48. The number of nitro benzene ring substituents is 1. The summed E-state index contributed by atoms with van der Waals surface area (Å²) in [7, 11) is 0. The van der Waals surface area contributed by atoms with Crippen LogP contribution in [0.4, 0.5) is 15.8 Å². The molecular formula is C19H12ClFN2O6. The number of rotatable bonds is 6. The first-order valence-electron chi connectivity index (χ1n) is 8.10. The van der Waals surface area contributed by atoms with Crippen molar-refractivity contribution in [3.63, 3.8) is 0 Å². The summed E-state index contributed by atoms with van der Waals surface area (Å²) in [5.74, 6) is -1.87. The van der Waals surface area contributed by atoms with E-state index in [1.165, 1.54) is 48.5 Å². The van der Waals surface area contributed by atoms with Gasteiger partial charge in [0.15, 0.2) is 6.61 Å². The highest BCUT2D eigenvalue weighted by molar-refractivity contribution is 6.33. The SMILES string of the molecule is O=C(COC(=O)c1ccc(-c2ccc(F)cc2)o1)Nc1cc([N+](=O)[O-])ccc1Cl. The van der Waals surface area contributed by atoms with Crippen molar-refractivity contribution in [1.29, 1.82) is 0 Å². The van der Waals surface area contributed by atoms with Crippen LogP contribution in [0, 0.1) is 15.9 Å². The molecule has 1 amide bonds. The fraction of sp³-hybridized carbons (Fsp3) is 0.0526. The van der Waals surface area contributed by atoms with E-state index in [0.717, 1.165) is 6.07 Å². The Morgan fingerprint density at radius 2 is 1.86 bits per heavy atom. The Kier molecular flexibility index (Phi) is 5.89. The smallest absolute Gasteiger partial charge is 0.374 e. The quantitative estimate of drug-likeness (QED) is 0.360. The second-order valence-corrected chi connectivity index (χ2v) is 6.12. The highest BCUT2D eigenvalue weighted by Crippen LogP contribution is 2.27. The number of hydrogen-bond acceptors (Lipinski definition) is 6. The third kappa shape index (κ3) is 4.96. The van der Waals surface area contributed by atoms with Crippen molar-refractivity contribution in [2.24, 2.45) is 0 Å². The van der Waals surface area contributed by atoms with Gasteiger partial charge in [0.25, 0.3) is 11.6 Å². The number of amides is 1. The molecule has 29 heavy (non-hydrogen) atoms. The van der Waals surface area contributed by atoms with Crippen molar-refractivity contribution in [3.8, 4) is 11.3 Å². The number of ether oxygens (including phenoxy) is 1. The lowest BCUT2D eigenvalue weighted by Crippen LogP contribution is -2.21. The fourth-order valence-corrected chi connectivity index (χ4v) is 2.49. The van der Waals surface area contributed by atoms with Gasteiger partial charge in [-0.2, -0.15) is 0 Å². The molecule has 3 aromatic rings. The first kappa shape index (κ1) is 20.0. The number of hydrogen-bond donors (Lipinski definition) is 1. The van der Waals surface area contributed by atoms with Crippen LogP contribution in [0.5, 0.6) is 0 Å². The van der Waals surface area contributed by atoms with Crippen molar-refractivity contribution in [2.45, 2.75) is 0 Å². The minimum absolute atomic E-state index is 0.0125. The number of benzene rings is 2. The Bertz CT molecular complexity index is 1080. The van der Waals surface area contributed by atoms with E-state index in [9.17, 15) is 24.1 Å². The molecule has 0 unspecified atom stereocenters. The molecule has 1 aromatic heterocycles. The molecule has 0 saturated carbocycles. The molecule has 0 saturated heterocycles. The Hall–Kier alpha value is -3.72. The maximum Gasteiger partial charge on any atom is 0.374 e. The summed E-state index contributed by atoms with van der Waals surface area (Å²) in [6.07, 6.45) is 0. The van der Waals surface area contributed by atoms with Gasteiger partial charge in [0.2, 0.25) is 5.76 Å². The van der Waals surface area contributed by atoms with Crippen molar-refractivity contribution in [3.05, 3.63) is 81.3 Å². The van der Waals surface area contributed by atoms with E-state index in [0.29, 0.717) is 11.3 Å². The minimum Gasteiger partial charge on any atom is -0.450 e. The molecule has 148 valence electrons. The number of non-ortho nitro benzene ring substituents is 1. The normalized spacial score (nSPS) is 10.4. The van der Waals surface area contributed by atoms with Crippen molar-refractivity contribution in [2.75, 3.05) is 11.9 Å². The number of nitrogens with zero attached hydrogens (tertiary/aromatic N) is 1.